The van der Waals surface area contributed by atoms with Crippen LogP contribution in [0.1, 0.15) is 68.7 Å². The summed E-state index contributed by atoms with van der Waals surface area (Å²) in [5.41, 5.74) is 0.824. The molecule has 0 spiro atoms. The summed E-state index contributed by atoms with van der Waals surface area (Å²) in [5, 5.41) is 10.8. The van der Waals surface area contributed by atoms with Crippen LogP contribution in [-0.2, 0) is 9.53 Å². The Bertz CT molecular complexity index is 534. The summed E-state index contributed by atoms with van der Waals surface area (Å²) in [7, 11) is 0. The van der Waals surface area contributed by atoms with E-state index in [4.69, 9.17) is 4.74 Å². The SMILES string of the molecule is CCOC(=O)c1nnn(C(C)C(=O)NC2CC2)c1C(C)C. The van der Waals surface area contributed by atoms with E-state index >= 15 is 0 Å². The second-order valence-electron chi connectivity index (χ2n) is 5.60. The van der Waals surface area contributed by atoms with Crippen LogP contribution in [0.3, 0.4) is 0 Å². The molecular formula is C14H22N4O3. The number of carbonyl (C=O) groups is 2. The molecule has 1 amide bonds. The lowest BCUT2D eigenvalue weighted by molar-refractivity contribution is -0.124. The molecule has 1 aliphatic rings. The van der Waals surface area contributed by atoms with E-state index in [0.717, 1.165) is 12.8 Å². The molecule has 2 rings (SSSR count). The maximum atomic E-state index is 12.2. The summed E-state index contributed by atoms with van der Waals surface area (Å²) in [6, 6.07) is -0.214. The lowest BCUT2D eigenvalue weighted by Crippen LogP contribution is -2.34. The molecule has 1 heterocycles. The van der Waals surface area contributed by atoms with Crippen molar-refractivity contribution < 1.29 is 14.3 Å². The number of carbonyl (C=O) groups excluding carboxylic acids is 2. The molecule has 1 N–H and O–H groups in total. The van der Waals surface area contributed by atoms with Gasteiger partial charge in [-0.3, -0.25) is 4.79 Å². The minimum absolute atomic E-state index is 0.00980. The van der Waals surface area contributed by atoms with Crippen molar-refractivity contribution in [3.63, 3.8) is 0 Å². The Kier molecular flexibility index (Phi) is 4.59. The normalized spacial score (nSPS) is 15.9. The number of ether oxygens (including phenoxy) is 1. The summed E-state index contributed by atoms with van der Waals surface area (Å²) >= 11 is 0. The molecule has 1 atom stereocenters. The molecule has 0 saturated heterocycles. The molecule has 0 bridgehead atoms. The van der Waals surface area contributed by atoms with E-state index < -0.39 is 12.0 Å². The molecule has 1 aromatic rings. The molecule has 116 valence electrons. The molecular weight excluding hydrogens is 272 g/mol. The zero-order valence-corrected chi connectivity index (χ0v) is 12.9. The Balaban J connectivity index is 2.25. The highest BCUT2D eigenvalue weighted by Gasteiger charge is 2.30. The maximum Gasteiger partial charge on any atom is 0.360 e. The molecule has 7 heteroatoms. The first-order valence-electron chi connectivity index (χ1n) is 7.38. The van der Waals surface area contributed by atoms with E-state index in [9.17, 15) is 9.59 Å². The monoisotopic (exact) mass is 294 g/mol. The third-order valence-corrected chi connectivity index (χ3v) is 3.42. The Morgan fingerprint density at radius 3 is 2.57 bits per heavy atom. The molecule has 0 radical (unpaired) electrons. The van der Waals surface area contributed by atoms with Gasteiger partial charge in [-0.15, -0.1) is 5.10 Å². The molecule has 0 aromatic carbocycles. The quantitative estimate of drug-likeness (QED) is 0.802. The van der Waals surface area contributed by atoms with Gasteiger partial charge in [0.05, 0.1) is 12.3 Å². The topological polar surface area (TPSA) is 86.1 Å². The van der Waals surface area contributed by atoms with Gasteiger partial charge < -0.3 is 10.1 Å². The number of hydrogen-bond acceptors (Lipinski definition) is 5. The van der Waals surface area contributed by atoms with E-state index in [2.05, 4.69) is 15.6 Å². The van der Waals surface area contributed by atoms with Gasteiger partial charge in [0, 0.05) is 6.04 Å². The molecule has 7 nitrogen and oxygen atoms in total. The summed E-state index contributed by atoms with van der Waals surface area (Å²) in [6.45, 7) is 7.64. The van der Waals surface area contributed by atoms with Crippen LogP contribution in [-0.4, -0.2) is 39.5 Å². The number of amides is 1. The predicted molar refractivity (Wildman–Crippen MR) is 75.9 cm³/mol. The highest BCUT2D eigenvalue weighted by atomic mass is 16.5. The number of aromatic nitrogens is 3. The Morgan fingerprint density at radius 1 is 1.38 bits per heavy atom. The predicted octanol–water partition coefficient (Wildman–Crippen LogP) is 1.42. The van der Waals surface area contributed by atoms with Crippen LogP contribution < -0.4 is 5.32 Å². The average Bonchev–Trinajstić information content (AvgIpc) is 3.12. The van der Waals surface area contributed by atoms with E-state index in [-0.39, 0.29) is 30.2 Å². The first-order valence-corrected chi connectivity index (χ1v) is 7.38. The third kappa shape index (κ3) is 3.40. The van der Waals surface area contributed by atoms with E-state index in [1.54, 1.807) is 13.8 Å². The minimum atomic E-state index is -0.501. The van der Waals surface area contributed by atoms with Gasteiger partial charge in [0.25, 0.3) is 0 Å². The summed E-state index contributed by atoms with van der Waals surface area (Å²) in [4.78, 5) is 24.1. The highest BCUT2D eigenvalue weighted by molar-refractivity contribution is 5.89. The van der Waals surface area contributed by atoms with Crippen molar-refractivity contribution in [3.05, 3.63) is 11.4 Å². The van der Waals surface area contributed by atoms with Crippen molar-refractivity contribution in [2.45, 2.75) is 58.5 Å². The van der Waals surface area contributed by atoms with Crippen molar-refractivity contribution in [2.24, 2.45) is 0 Å². The fraction of sp³-hybridized carbons (Fsp3) is 0.714. The van der Waals surface area contributed by atoms with E-state index in [1.165, 1.54) is 4.68 Å². The van der Waals surface area contributed by atoms with Crippen LogP contribution in [0.15, 0.2) is 0 Å². The second-order valence-corrected chi connectivity index (χ2v) is 5.60. The van der Waals surface area contributed by atoms with Gasteiger partial charge >= 0.3 is 5.97 Å². The van der Waals surface area contributed by atoms with Gasteiger partial charge in [0.2, 0.25) is 5.91 Å². The summed E-state index contributed by atoms with van der Waals surface area (Å²) in [6.07, 6.45) is 2.06. The zero-order valence-electron chi connectivity index (χ0n) is 12.9. The van der Waals surface area contributed by atoms with E-state index in [1.807, 2.05) is 13.8 Å². The first kappa shape index (κ1) is 15.5. The van der Waals surface area contributed by atoms with Crippen molar-refractivity contribution in [3.8, 4) is 0 Å². The summed E-state index contributed by atoms with van der Waals surface area (Å²) < 4.78 is 6.51. The Hall–Kier alpha value is -1.92. The van der Waals surface area contributed by atoms with Gasteiger partial charge in [0.1, 0.15) is 6.04 Å². The van der Waals surface area contributed by atoms with Gasteiger partial charge in [-0.05, 0) is 32.6 Å². The Labute approximate surface area is 124 Å². The number of nitrogens with one attached hydrogen (secondary N) is 1. The standard InChI is InChI=1S/C14H22N4O3/c1-5-21-14(20)11-12(8(2)3)18(17-16-11)9(4)13(19)15-10-6-7-10/h8-10H,5-7H2,1-4H3,(H,15,19). The van der Waals surface area contributed by atoms with Crippen LogP contribution in [0.4, 0.5) is 0 Å². The van der Waals surface area contributed by atoms with Crippen LogP contribution in [0.25, 0.3) is 0 Å². The fourth-order valence-electron chi connectivity index (χ4n) is 2.13. The average molecular weight is 294 g/mol. The smallest absolute Gasteiger partial charge is 0.360 e. The van der Waals surface area contributed by atoms with Gasteiger partial charge in [0.15, 0.2) is 5.69 Å². The lowest BCUT2D eigenvalue weighted by atomic mass is 10.1. The van der Waals surface area contributed by atoms with Gasteiger partial charge in [-0.25, -0.2) is 9.48 Å². The molecule has 1 aliphatic carbocycles. The van der Waals surface area contributed by atoms with Crippen molar-refractivity contribution in [1.82, 2.24) is 20.3 Å². The molecule has 1 aromatic heterocycles. The second kappa shape index (κ2) is 6.24. The van der Waals surface area contributed by atoms with Crippen LogP contribution in [0.5, 0.6) is 0 Å². The molecule has 1 saturated carbocycles. The van der Waals surface area contributed by atoms with Crippen molar-refractivity contribution in [2.75, 3.05) is 6.61 Å². The minimum Gasteiger partial charge on any atom is -0.461 e. The van der Waals surface area contributed by atoms with Crippen LogP contribution in [0.2, 0.25) is 0 Å². The molecule has 0 aliphatic heterocycles. The zero-order chi connectivity index (χ0) is 15.6. The number of rotatable bonds is 6. The number of esters is 1. The van der Waals surface area contributed by atoms with E-state index in [0.29, 0.717) is 5.69 Å². The number of hydrogen-bond donors (Lipinski definition) is 1. The largest absolute Gasteiger partial charge is 0.461 e. The molecule has 21 heavy (non-hydrogen) atoms. The van der Waals surface area contributed by atoms with Crippen molar-refractivity contribution in [1.29, 1.82) is 0 Å². The fourth-order valence-corrected chi connectivity index (χ4v) is 2.13. The van der Waals surface area contributed by atoms with Gasteiger partial charge in [-0.2, -0.15) is 0 Å². The van der Waals surface area contributed by atoms with Crippen LogP contribution in [0, 0.1) is 0 Å². The third-order valence-electron chi connectivity index (χ3n) is 3.42. The highest BCUT2D eigenvalue weighted by Crippen LogP contribution is 2.24. The maximum absolute atomic E-state index is 12.2. The lowest BCUT2D eigenvalue weighted by Gasteiger charge is -2.16. The van der Waals surface area contributed by atoms with Gasteiger partial charge in [-0.1, -0.05) is 19.1 Å². The molecule has 1 fully saturated rings. The first-order chi connectivity index (χ1) is 9.95. The van der Waals surface area contributed by atoms with Crippen molar-refractivity contribution >= 4 is 11.9 Å². The molecule has 1 unspecified atom stereocenters. The number of nitrogens with zero attached hydrogens (tertiary/aromatic N) is 3. The van der Waals surface area contributed by atoms with Crippen LogP contribution >= 0.6 is 0 Å². The Morgan fingerprint density at radius 2 is 2.05 bits per heavy atom. The summed E-state index contributed by atoms with van der Waals surface area (Å²) in [5.74, 6) is -0.586.